The van der Waals surface area contributed by atoms with E-state index < -0.39 is 12.0 Å². The van der Waals surface area contributed by atoms with Gasteiger partial charge in [0, 0.05) is 31.5 Å². The summed E-state index contributed by atoms with van der Waals surface area (Å²) in [4.78, 5) is 24.4. The minimum Gasteiger partial charge on any atom is -0.391 e. The number of aromatic nitrogens is 7. The van der Waals surface area contributed by atoms with Crippen LogP contribution >= 0.6 is 0 Å². The van der Waals surface area contributed by atoms with Gasteiger partial charge in [0.2, 0.25) is 0 Å². The minimum absolute atomic E-state index is 0.0750. The summed E-state index contributed by atoms with van der Waals surface area (Å²) < 4.78 is 6.46. The van der Waals surface area contributed by atoms with Crippen molar-refractivity contribution in [3.63, 3.8) is 0 Å². The van der Waals surface area contributed by atoms with Crippen LogP contribution in [-0.2, 0) is 12.0 Å². The molecule has 1 amide bonds. The highest BCUT2D eigenvalue weighted by Gasteiger charge is 2.40. The smallest absolute Gasteiger partial charge is 0.275 e. The van der Waals surface area contributed by atoms with E-state index in [1.54, 1.807) is 4.68 Å². The van der Waals surface area contributed by atoms with Crippen LogP contribution in [0.3, 0.4) is 0 Å². The van der Waals surface area contributed by atoms with E-state index in [1.807, 2.05) is 25.7 Å². The highest BCUT2D eigenvalue weighted by molar-refractivity contribution is 5.93. The van der Waals surface area contributed by atoms with Crippen LogP contribution in [0.4, 0.5) is 5.82 Å². The number of hydrazine groups is 1. The highest BCUT2D eigenvalue weighted by atomic mass is 16.6. The summed E-state index contributed by atoms with van der Waals surface area (Å²) in [6.07, 6.45) is 7.66. The molecular formula is C23H31N11O3. The van der Waals surface area contributed by atoms with Gasteiger partial charge in [-0.05, 0) is 24.4 Å². The Hall–Kier alpha value is -3.67. The van der Waals surface area contributed by atoms with Gasteiger partial charge in [0.05, 0.1) is 18.3 Å². The first-order valence-electron chi connectivity index (χ1n) is 12.3. The molecule has 2 saturated heterocycles. The Morgan fingerprint density at radius 1 is 1.30 bits per heavy atom. The number of terminal acetylenes is 1. The number of carbonyl (C=O) groups is 1. The van der Waals surface area contributed by atoms with Gasteiger partial charge in [0.25, 0.3) is 5.91 Å². The lowest BCUT2D eigenvalue weighted by Gasteiger charge is -2.21. The van der Waals surface area contributed by atoms with Crippen molar-refractivity contribution in [1.82, 2.24) is 51.4 Å². The van der Waals surface area contributed by atoms with Crippen LogP contribution < -0.4 is 21.1 Å². The Balaban J connectivity index is 1.35. The van der Waals surface area contributed by atoms with Crippen LogP contribution in [0.25, 0.3) is 11.2 Å². The van der Waals surface area contributed by atoms with Gasteiger partial charge in [-0.15, -0.1) is 17.4 Å². The van der Waals surface area contributed by atoms with Crippen molar-refractivity contribution in [2.24, 2.45) is 0 Å². The van der Waals surface area contributed by atoms with Crippen LogP contribution in [0, 0.1) is 12.3 Å². The maximum Gasteiger partial charge on any atom is 0.275 e. The van der Waals surface area contributed by atoms with Crippen LogP contribution in [0.1, 0.15) is 68.5 Å². The third-order valence-corrected chi connectivity index (χ3v) is 6.56. The molecular weight excluding hydrogens is 478 g/mol. The highest BCUT2D eigenvalue weighted by Crippen LogP contribution is 2.29. The van der Waals surface area contributed by atoms with Crippen molar-refractivity contribution in [3.8, 4) is 12.3 Å². The topological polar surface area (TPSA) is 192 Å². The second-order valence-electron chi connectivity index (χ2n) is 10.5. The van der Waals surface area contributed by atoms with E-state index in [4.69, 9.17) is 21.0 Å². The Bertz CT molecular complexity index is 1330. The number of carbonyl (C=O) groups excluding carboxylic acids is 1. The van der Waals surface area contributed by atoms with Gasteiger partial charge in [0.1, 0.15) is 11.5 Å². The number of fused-ring (bicyclic) bond motifs is 1. The summed E-state index contributed by atoms with van der Waals surface area (Å²) in [6, 6.07) is 0. The van der Waals surface area contributed by atoms with Crippen LogP contribution in [0.2, 0.25) is 0 Å². The van der Waals surface area contributed by atoms with Crippen molar-refractivity contribution in [1.29, 1.82) is 0 Å². The number of nitrogens with one attached hydrogen (secondary N) is 3. The van der Waals surface area contributed by atoms with Gasteiger partial charge in [-0.3, -0.25) is 4.79 Å². The summed E-state index contributed by atoms with van der Waals surface area (Å²) in [5.74, 6) is 3.48. The molecule has 2 fully saturated rings. The number of nitrogens with zero attached hydrogens (tertiary/aromatic N) is 8. The Morgan fingerprint density at radius 3 is 2.78 bits per heavy atom. The van der Waals surface area contributed by atoms with Gasteiger partial charge in [-0.25, -0.2) is 30.1 Å². The molecule has 4 N–H and O–H groups in total. The monoisotopic (exact) mass is 509 g/mol. The molecule has 196 valence electrons. The van der Waals surface area contributed by atoms with E-state index in [2.05, 4.69) is 42.7 Å². The zero-order chi connectivity index (χ0) is 26.2. The molecule has 5 rings (SSSR count). The quantitative estimate of drug-likeness (QED) is 0.221. The lowest BCUT2D eigenvalue weighted by molar-refractivity contribution is 0.0941. The first-order chi connectivity index (χ1) is 17.7. The SMILES string of the molecule is C#CCCC1(CCNC(=O)c2nonc2Cn2nnc3c(N4CC[C@H](O)C4)nc(C(C)(C)C)nc32)NN1. The zero-order valence-electron chi connectivity index (χ0n) is 21.2. The molecule has 0 spiro atoms. The van der Waals surface area contributed by atoms with E-state index in [0.29, 0.717) is 67.4 Å². The average molecular weight is 510 g/mol. The van der Waals surface area contributed by atoms with Crippen molar-refractivity contribution < 1.29 is 14.5 Å². The van der Waals surface area contributed by atoms with Gasteiger partial charge in [-0.2, -0.15) is 0 Å². The first kappa shape index (κ1) is 25.0. The average Bonchev–Trinajstić information content (AvgIpc) is 3.19. The van der Waals surface area contributed by atoms with Gasteiger partial charge < -0.3 is 15.3 Å². The number of anilines is 1. The summed E-state index contributed by atoms with van der Waals surface area (Å²) in [5, 5.41) is 29.3. The number of β-amino-alcohol motifs (C(OH)–C–C–N with tert-alkyl or cyclic N) is 1. The fourth-order valence-corrected chi connectivity index (χ4v) is 4.29. The molecule has 0 radical (unpaired) electrons. The largest absolute Gasteiger partial charge is 0.391 e. The fraction of sp³-hybridized carbons (Fsp3) is 0.609. The van der Waals surface area contributed by atoms with Gasteiger partial charge >= 0.3 is 0 Å². The third kappa shape index (κ3) is 5.24. The number of hydrogen-bond donors (Lipinski definition) is 4. The summed E-state index contributed by atoms with van der Waals surface area (Å²) in [6.45, 7) is 7.70. The summed E-state index contributed by atoms with van der Waals surface area (Å²) >= 11 is 0. The standard InChI is InChI=1S/C23H31N11O3/c1-5-6-8-23(30-31-23)9-10-24-20(36)16-15(28-37-29-16)13-34-19-17(27-32-34)18(33-11-7-14(35)12-33)25-21(26-19)22(2,3)4/h1,14,30-31,35H,6-13H2,2-4H3,(H,24,36)/t14-/m0/s1. The predicted molar refractivity (Wildman–Crippen MR) is 132 cm³/mol. The van der Waals surface area contributed by atoms with Crippen molar-refractivity contribution in [3.05, 3.63) is 17.2 Å². The molecule has 14 nitrogen and oxygen atoms in total. The fourth-order valence-electron chi connectivity index (χ4n) is 4.29. The van der Waals surface area contributed by atoms with E-state index in [9.17, 15) is 9.90 Å². The number of amides is 1. The molecule has 0 aliphatic carbocycles. The predicted octanol–water partition coefficient (Wildman–Crippen LogP) is -0.141. The van der Waals surface area contributed by atoms with Crippen LogP contribution in [-0.4, -0.2) is 77.7 Å². The maximum absolute atomic E-state index is 12.8. The summed E-state index contributed by atoms with van der Waals surface area (Å²) in [5.41, 5.74) is 7.04. The molecule has 0 unspecified atom stereocenters. The molecule has 37 heavy (non-hydrogen) atoms. The molecule has 2 aliphatic heterocycles. The molecule has 0 bridgehead atoms. The van der Waals surface area contributed by atoms with Crippen molar-refractivity contribution in [2.75, 3.05) is 24.5 Å². The molecule has 0 saturated carbocycles. The van der Waals surface area contributed by atoms with Crippen LogP contribution in [0.15, 0.2) is 4.63 Å². The third-order valence-electron chi connectivity index (χ3n) is 6.56. The Labute approximate surface area is 213 Å². The van der Waals surface area contributed by atoms with Crippen molar-refractivity contribution >= 4 is 22.9 Å². The van der Waals surface area contributed by atoms with E-state index >= 15 is 0 Å². The lowest BCUT2D eigenvalue weighted by Crippen LogP contribution is -2.31. The second-order valence-corrected chi connectivity index (χ2v) is 10.5. The molecule has 1 atom stereocenters. The summed E-state index contributed by atoms with van der Waals surface area (Å²) in [7, 11) is 0. The first-order valence-corrected chi connectivity index (χ1v) is 12.3. The van der Waals surface area contributed by atoms with E-state index in [1.165, 1.54) is 0 Å². The lowest BCUT2D eigenvalue weighted by atomic mass is 9.96. The second kappa shape index (κ2) is 9.66. The number of aliphatic hydroxyl groups excluding tert-OH is 1. The van der Waals surface area contributed by atoms with Gasteiger partial charge in [0.15, 0.2) is 22.7 Å². The normalized spacial score (nSPS) is 18.8. The molecule has 3 aromatic heterocycles. The number of rotatable bonds is 9. The molecule has 14 heteroatoms. The van der Waals surface area contributed by atoms with Crippen molar-refractivity contribution in [2.45, 2.75) is 70.2 Å². The molecule has 2 aliphatic rings. The zero-order valence-corrected chi connectivity index (χ0v) is 21.2. The van der Waals surface area contributed by atoms with Gasteiger partial charge in [-0.1, -0.05) is 31.1 Å². The molecule has 0 aromatic carbocycles. The molecule has 3 aromatic rings. The minimum atomic E-state index is -0.417. The van der Waals surface area contributed by atoms with E-state index in [-0.39, 0.29) is 23.3 Å². The Morgan fingerprint density at radius 2 is 2.11 bits per heavy atom. The van der Waals surface area contributed by atoms with Crippen LogP contribution in [0.5, 0.6) is 0 Å². The number of aliphatic hydroxyl groups is 1. The number of hydrogen-bond acceptors (Lipinski definition) is 12. The maximum atomic E-state index is 12.8. The van der Waals surface area contributed by atoms with E-state index in [0.717, 1.165) is 6.42 Å². The Kier molecular flexibility index (Phi) is 6.52. The molecule has 5 heterocycles.